The number of Topliss-reactive ketones (excluding diaryl/α,β-unsaturated/α-hetero) is 2. The Kier molecular flexibility index (Phi) is 4.88. The van der Waals surface area contributed by atoms with Crippen molar-refractivity contribution in [3.05, 3.63) is 58.9 Å². The standard InChI is InChI=1S/C26H32O5/c1-23(2,3)17-15-18(24(4,5)6)21(29-7)26(20(17)28)22-19(27)13-14-25(30-22,31-26)16-11-9-8-10-12-16/h8-12,15,22H,13-14H2,1-7H3. The lowest BCUT2D eigenvalue weighted by Crippen LogP contribution is -2.56. The van der Waals surface area contributed by atoms with Crippen molar-refractivity contribution in [1.82, 2.24) is 0 Å². The lowest BCUT2D eigenvalue weighted by molar-refractivity contribution is -0.211. The number of carbonyl (C=O) groups is 2. The van der Waals surface area contributed by atoms with E-state index in [0.29, 0.717) is 17.8 Å². The smallest absolute Gasteiger partial charge is 0.224 e. The molecule has 0 amide bonds. The summed E-state index contributed by atoms with van der Waals surface area (Å²) >= 11 is 0. The van der Waals surface area contributed by atoms with E-state index in [9.17, 15) is 9.59 Å². The fourth-order valence-electron chi connectivity index (χ4n) is 4.88. The molecule has 5 nitrogen and oxygen atoms in total. The molecule has 5 heteroatoms. The zero-order valence-electron chi connectivity index (χ0n) is 19.5. The van der Waals surface area contributed by atoms with E-state index in [4.69, 9.17) is 14.2 Å². The van der Waals surface area contributed by atoms with Crippen LogP contribution >= 0.6 is 0 Å². The number of benzene rings is 1. The first-order chi connectivity index (χ1) is 14.4. The molecule has 0 saturated carbocycles. The minimum atomic E-state index is -1.63. The zero-order chi connectivity index (χ0) is 22.8. The molecule has 31 heavy (non-hydrogen) atoms. The molecule has 1 spiro atoms. The maximum absolute atomic E-state index is 14.2. The molecule has 2 heterocycles. The first-order valence-corrected chi connectivity index (χ1v) is 10.9. The Balaban J connectivity index is 2.01. The maximum Gasteiger partial charge on any atom is 0.224 e. The Morgan fingerprint density at radius 2 is 1.65 bits per heavy atom. The second kappa shape index (κ2) is 6.88. The van der Waals surface area contributed by atoms with Crippen molar-refractivity contribution < 1.29 is 23.8 Å². The summed E-state index contributed by atoms with van der Waals surface area (Å²) < 4.78 is 19.0. The summed E-state index contributed by atoms with van der Waals surface area (Å²) in [6, 6.07) is 9.57. The number of hydrogen-bond donors (Lipinski definition) is 0. The van der Waals surface area contributed by atoms with E-state index >= 15 is 0 Å². The van der Waals surface area contributed by atoms with E-state index < -0.39 is 22.9 Å². The first kappa shape index (κ1) is 22.0. The van der Waals surface area contributed by atoms with Crippen molar-refractivity contribution >= 4 is 11.6 Å². The second-order valence-electron chi connectivity index (χ2n) is 10.8. The van der Waals surface area contributed by atoms with Gasteiger partial charge >= 0.3 is 0 Å². The van der Waals surface area contributed by atoms with Gasteiger partial charge in [0.1, 0.15) is 5.76 Å². The van der Waals surface area contributed by atoms with Crippen LogP contribution < -0.4 is 0 Å². The average molecular weight is 425 g/mol. The molecule has 0 radical (unpaired) electrons. The van der Waals surface area contributed by atoms with E-state index in [1.54, 1.807) is 0 Å². The van der Waals surface area contributed by atoms with Gasteiger partial charge in [0.05, 0.1) is 7.11 Å². The third-order valence-electron chi connectivity index (χ3n) is 6.48. The Bertz CT molecular complexity index is 989. The predicted molar refractivity (Wildman–Crippen MR) is 117 cm³/mol. The van der Waals surface area contributed by atoms with E-state index in [-0.39, 0.29) is 23.4 Å². The van der Waals surface area contributed by atoms with Gasteiger partial charge in [-0.05, 0) is 22.5 Å². The number of carbonyl (C=O) groups excluding carboxylic acids is 2. The highest BCUT2D eigenvalue weighted by Crippen LogP contribution is 2.57. The Morgan fingerprint density at radius 1 is 1.00 bits per heavy atom. The SMILES string of the molecule is COC1=C(C(C)(C)C)C=C(C(C)(C)C)C(=O)C12OC1(c3ccccc3)CCC(=O)C2O1. The number of rotatable bonds is 2. The van der Waals surface area contributed by atoms with Gasteiger partial charge in [-0.3, -0.25) is 9.59 Å². The van der Waals surface area contributed by atoms with E-state index in [1.807, 2.05) is 57.2 Å². The fourth-order valence-corrected chi connectivity index (χ4v) is 4.88. The predicted octanol–water partition coefficient (Wildman–Crippen LogP) is 4.86. The largest absolute Gasteiger partial charge is 0.497 e. The maximum atomic E-state index is 14.2. The van der Waals surface area contributed by atoms with Crippen molar-refractivity contribution in [3.8, 4) is 0 Å². The van der Waals surface area contributed by atoms with Gasteiger partial charge in [0.15, 0.2) is 17.7 Å². The summed E-state index contributed by atoms with van der Waals surface area (Å²) in [7, 11) is 1.54. The van der Waals surface area contributed by atoms with Crippen molar-refractivity contribution in [3.63, 3.8) is 0 Å². The van der Waals surface area contributed by atoms with E-state index in [0.717, 1.165) is 11.1 Å². The molecule has 3 aliphatic rings. The van der Waals surface area contributed by atoms with Gasteiger partial charge in [-0.2, -0.15) is 0 Å². The van der Waals surface area contributed by atoms with Crippen LogP contribution in [0.1, 0.15) is 59.9 Å². The summed E-state index contributed by atoms with van der Waals surface area (Å²) in [6.07, 6.45) is 1.52. The highest BCUT2D eigenvalue weighted by Gasteiger charge is 2.71. The summed E-state index contributed by atoms with van der Waals surface area (Å²) in [5.41, 5.74) is -0.131. The second-order valence-corrected chi connectivity index (χ2v) is 10.8. The van der Waals surface area contributed by atoms with Crippen LogP contribution in [0.2, 0.25) is 0 Å². The van der Waals surface area contributed by atoms with Crippen LogP contribution in [-0.4, -0.2) is 30.4 Å². The Hall–Kier alpha value is -2.24. The first-order valence-electron chi connectivity index (χ1n) is 10.9. The minimum absolute atomic E-state index is 0.129. The molecule has 3 unspecified atom stereocenters. The number of fused-ring (bicyclic) bond motifs is 3. The Labute approximate surface area is 184 Å². The third-order valence-corrected chi connectivity index (χ3v) is 6.48. The topological polar surface area (TPSA) is 61.8 Å². The summed E-state index contributed by atoms with van der Waals surface area (Å²) in [6.45, 7) is 12.2. The van der Waals surface area contributed by atoms with Crippen molar-refractivity contribution in [1.29, 1.82) is 0 Å². The van der Waals surface area contributed by atoms with Gasteiger partial charge in [-0.1, -0.05) is 71.9 Å². The van der Waals surface area contributed by atoms with E-state index in [1.165, 1.54) is 7.11 Å². The number of ether oxygens (including phenoxy) is 3. The molecule has 4 rings (SSSR count). The normalized spacial score (nSPS) is 31.3. The van der Waals surface area contributed by atoms with Crippen LogP contribution in [0.3, 0.4) is 0 Å². The third kappa shape index (κ3) is 3.13. The lowest BCUT2D eigenvalue weighted by Gasteiger charge is -2.41. The van der Waals surface area contributed by atoms with Crippen molar-refractivity contribution in [2.45, 2.75) is 71.9 Å². The fraction of sp³-hybridized carbons (Fsp3) is 0.538. The molecule has 2 saturated heterocycles. The minimum Gasteiger partial charge on any atom is -0.497 e. The molecule has 1 aromatic rings. The monoisotopic (exact) mass is 424 g/mol. The molecule has 3 atom stereocenters. The van der Waals surface area contributed by atoms with Gasteiger partial charge in [0.25, 0.3) is 0 Å². The van der Waals surface area contributed by atoms with Gasteiger partial charge in [0.2, 0.25) is 11.4 Å². The van der Waals surface area contributed by atoms with Crippen LogP contribution in [0, 0.1) is 10.8 Å². The molecule has 166 valence electrons. The van der Waals surface area contributed by atoms with Crippen LogP contribution in [0.5, 0.6) is 0 Å². The van der Waals surface area contributed by atoms with Crippen LogP contribution in [-0.2, 0) is 29.6 Å². The molecule has 0 N–H and O–H groups in total. The summed E-state index contributed by atoms with van der Waals surface area (Å²) in [5.74, 6) is -1.16. The summed E-state index contributed by atoms with van der Waals surface area (Å²) in [4.78, 5) is 27.3. The number of ketones is 2. The molecular formula is C26H32O5. The van der Waals surface area contributed by atoms with E-state index in [2.05, 4.69) is 20.8 Å². The van der Waals surface area contributed by atoms with Crippen LogP contribution in [0.25, 0.3) is 0 Å². The Morgan fingerprint density at radius 3 is 2.19 bits per heavy atom. The highest BCUT2D eigenvalue weighted by atomic mass is 16.8. The number of methoxy groups -OCH3 is 1. The zero-order valence-corrected chi connectivity index (χ0v) is 19.5. The molecule has 2 fully saturated rings. The average Bonchev–Trinajstić information content (AvgIpc) is 2.98. The van der Waals surface area contributed by atoms with Crippen LogP contribution in [0.4, 0.5) is 0 Å². The quantitative estimate of drug-likeness (QED) is 0.679. The number of allylic oxidation sites excluding steroid dienone is 2. The molecule has 1 aromatic carbocycles. The van der Waals surface area contributed by atoms with Gasteiger partial charge in [-0.25, -0.2) is 0 Å². The van der Waals surface area contributed by atoms with Gasteiger partial charge in [-0.15, -0.1) is 0 Å². The molecular weight excluding hydrogens is 392 g/mol. The molecule has 1 aliphatic carbocycles. The van der Waals surface area contributed by atoms with Gasteiger partial charge < -0.3 is 14.2 Å². The van der Waals surface area contributed by atoms with Crippen molar-refractivity contribution in [2.24, 2.45) is 10.8 Å². The highest BCUT2D eigenvalue weighted by molar-refractivity contribution is 6.11. The molecule has 2 bridgehead atoms. The van der Waals surface area contributed by atoms with Crippen LogP contribution in [0.15, 0.2) is 53.3 Å². The molecule has 2 aliphatic heterocycles. The number of hydrogen-bond acceptors (Lipinski definition) is 5. The molecule has 0 aromatic heterocycles. The van der Waals surface area contributed by atoms with Crippen molar-refractivity contribution in [2.75, 3.05) is 7.11 Å². The van der Waals surface area contributed by atoms with Gasteiger partial charge in [0, 0.05) is 24.0 Å². The summed E-state index contributed by atoms with van der Waals surface area (Å²) in [5, 5.41) is 0. The lowest BCUT2D eigenvalue weighted by atomic mass is 9.67.